The quantitative estimate of drug-likeness (QED) is 0.625. The summed E-state index contributed by atoms with van der Waals surface area (Å²) >= 11 is 0. The largest absolute Gasteiger partial charge is 0.480 e. The zero-order chi connectivity index (χ0) is 9.85. The van der Waals surface area contributed by atoms with Crippen molar-refractivity contribution in [3.63, 3.8) is 0 Å². The lowest BCUT2D eigenvalue weighted by Gasteiger charge is -2.31. The van der Waals surface area contributed by atoms with Gasteiger partial charge in [0.05, 0.1) is 0 Å². The van der Waals surface area contributed by atoms with Crippen molar-refractivity contribution < 1.29 is 14.7 Å². The predicted octanol–water partition coefficient (Wildman–Crippen LogP) is 1.47. The van der Waals surface area contributed by atoms with Crippen molar-refractivity contribution in [1.29, 1.82) is 0 Å². The number of ketones is 1. The molecule has 3 heteroatoms. The highest BCUT2D eigenvalue weighted by molar-refractivity contribution is 6.06. The van der Waals surface area contributed by atoms with Crippen LogP contribution in [0.2, 0.25) is 0 Å². The van der Waals surface area contributed by atoms with Crippen LogP contribution in [-0.4, -0.2) is 16.9 Å². The molecule has 0 heterocycles. The molecule has 0 aliphatic heterocycles. The van der Waals surface area contributed by atoms with Crippen molar-refractivity contribution >= 4 is 11.8 Å². The van der Waals surface area contributed by atoms with Crippen LogP contribution in [-0.2, 0) is 9.59 Å². The van der Waals surface area contributed by atoms with Gasteiger partial charge in [0, 0.05) is 6.42 Å². The summed E-state index contributed by atoms with van der Waals surface area (Å²) in [6, 6.07) is 0. The van der Waals surface area contributed by atoms with Crippen LogP contribution in [0.25, 0.3) is 0 Å². The van der Waals surface area contributed by atoms with Crippen molar-refractivity contribution in [2.24, 2.45) is 16.7 Å². The Kier molecular flexibility index (Phi) is 1.44. The summed E-state index contributed by atoms with van der Waals surface area (Å²) in [4.78, 5) is 22.8. The Labute approximate surface area is 77.1 Å². The summed E-state index contributed by atoms with van der Waals surface area (Å²) < 4.78 is 0. The van der Waals surface area contributed by atoms with E-state index in [1.54, 1.807) is 0 Å². The van der Waals surface area contributed by atoms with Gasteiger partial charge >= 0.3 is 5.97 Å². The first-order chi connectivity index (χ1) is 5.93. The Morgan fingerprint density at radius 3 is 2.38 bits per heavy atom. The van der Waals surface area contributed by atoms with Crippen molar-refractivity contribution in [3.8, 4) is 0 Å². The second-order valence-corrected chi connectivity index (χ2v) is 4.80. The van der Waals surface area contributed by atoms with Gasteiger partial charge in [-0.3, -0.25) is 9.59 Å². The Morgan fingerprint density at radius 1 is 1.54 bits per heavy atom. The molecule has 0 unspecified atom stereocenters. The van der Waals surface area contributed by atoms with Crippen LogP contribution in [0.3, 0.4) is 0 Å². The third kappa shape index (κ3) is 0.713. The lowest BCUT2D eigenvalue weighted by Crippen LogP contribution is -2.43. The van der Waals surface area contributed by atoms with Crippen LogP contribution < -0.4 is 0 Å². The fourth-order valence-corrected chi connectivity index (χ4v) is 3.18. The molecule has 1 N–H and O–H groups in total. The number of hydrogen-bond donors (Lipinski definition) is 1. The molecule has 2 bridgehead atoms. The van der Waals surface area contributed by atoms with E-state index in [0.717, 1.165) is 6.42 Å². The minimum absolute atomic E-state index is 0.0544. The van der Waals surface area contributed by atoms with E-state index in [1.807, 2.05) is 13.8 Å². The van der Waals surface area contributed by atoms with Crippen LogP contribution in [0.4, 0.5) is 0 Å². The predicted molar refractivity (Wildman–Crippen MR) is 46.2 cm³/mol. The lowest BCUT2D eigenvalue weighted by atomic mass is 9.69. The summed E-state index contributed by atoms with van der Waals surface area (Å²) in [5, 5.41) is 9.18. The number of aliphatic carboxylic acids is 1. The van der Waals surface area contributed by atoms with Gasteiger partial charge in [-0.05, 0) is 24.2 Å². The number of carboxylic acids is 1. The maximum Gasteiger partial charge on any atom is 0.317 e. The average Bonchev–Trinajstić information content (AvgIpc) is 2.35. The Bertz CT molecular complexity index is 293. The van der Waals surface area contributed by atoms with Crippen molar-refractivity contribution in [3.05, 3.63) is 0 Å². The first kappa shape index (κ1) is 8.73. The fraction of sp³-hybridized carbons (Fsp3) is 0.800. The molecule has 2 aliphatic carbocycles. The van der Waals surface area contributed by atoms with Gasteiger partial charge in [-0.15, -0.1) is 0 Å². The number of carbonyl (C=O) groups is 2. The van der Waals surface area contributed by atoms with E-state index in [0.29, 0.717) is 12.8 Å². The minimum Gasteiger partial charge on any atom is -0.480 e. The summed E-state index contributed by atoms with van der Waals surface area (Å²) in [5.41, 5.74) is -1.40. The maximum atomic E-state index is 11.6. The molecule has 0 radical (unpaired) electrons. The first-order valence-electron chi connectivity index (χ1n) is 4.69. The second kappa shape index (κ2) is 2.14. The number of carbonyl (C=O) groups excluding carboxylic acids is 1. The molecule has 0 aromatic rings. The molecule has 2 fully saturated rings. The second-order valence-electron chi connectivity index (χ2n) is 4.80. The monoisotopic (exact) mass is 182 g/mol. The smallest absolute Gasteiger partial charge is 0.317 e. The van der Waals surface area contributed by atoms with Gasteiger partial charge in [-0.25, -0.2) is 0 Å². The zero-order valence-electron chi connectivity index (χ0n) is 7.96. The van der Waals surface area contributed by atoms with Crippen molar-refractivity contribution in [2.75, 3.05) is 0 Å². The number of hydrogen-bond acceptors (Lipinski definition) is 2. The van der Waals surface area contributed by atoms with E-state index >= 15 is 0 Å². The summed E-state index contributed by atoms with van der Waals surface area (Å²) in [7, 11) is 0. The van der Waals surface area contributed by atoms with Gasteiger partial charge in [-0.1, -0.05) is 13.8 Å². The third-order valence-corrected chi connectivity index (χ3v) is 4.26. The standard InChI is InChI=1S/C10H14O3/c1-9(2)6-3-4-10(9,8(12)13)7(11)5-6/h6H,3-5H2,1-2H3,(H,12,13)/t6-,10+/m1/s1. The molecule has 0 spiro atoms. The lowest BCUT2D eigenvalue weighted by molar-refractivity contribution is -0.158. The van der Waals surface area contributed by atoms with E-state index in [2.05, 4.69) is 0 Å². The average molecular weight is 182 g/mol. The molecule has 0 saturated heterocycles. The highest BCUT2D eigenvalue weighted by Gasteiger charge is 2.68. The zero-order valence-corrected chi connectivity index (χ0v) is 7.96. The minimum atomic E-state index is -1.06. The van der Waals surface area contributed by atoms with Gasteiger partial charge in [0.15, 0.2) is 5.78 Å². The molecule has 2 saturated carbocycles. The maximum absolute atomic E-state index is 11.6. The Morgan fingerprint density at radius 2 is 2.15 bits per heavy atom. The molecular formula is C10H14O3. The molecule has 0 amide bonds. The van der Waals surface area contributed by atoms with Gasteiger partial charge in [0.1, 0.15) is 5.41 Å². The molecule has 13 heavy (non-hydrogen) atoms. The molecular weight excluding hydrogens is 168 g/mol. The molecule has 72 valence electrons. The van der Waals surface area contributed by atoms with Crippen LogP contribution in [0.5, 0.6) is 0 Å². The number of Topliss-reactive ketones (excluding diaryl/α,β-unsaturated/α-hetero) is 1. The molecule has 2 rings (SSSR count). The third-order valence-electron chi connectivity index (χ3n) is 4.26. The van der Waals surface area contributed by atoms with Crippen LogP contribution in [0, 0.1) is 16.7 Å². The highest BCUT2D eigenvalue weighted by atomic mass is 16.4. The number of carboxylic acid groups (broad SMARTS) is 1. The van der Waals surface area contributed by atoms with Gasteiger partial charge in [0.2, 0.25) is 0 Å². The first-order valence-corrected chi connectivity index (χ1v) is 4.69. The summed E-state index contributed by atoms with van der Waals surface area (Å²) in [5.74, 6) is -0.681. The van der Waals surface area contributed by atoms with E-state index in [1.165, 1.54) is 0 Å². The molecule has 0 aromatic carbocycles. The van der Waals surface area contributed by atoms with E-state index < -0.39 is 11.4 Å². The number of fused-ring (bicyclic) bond motifs is 2. The van der Waals surface area contributed by atoms with E-state index in [4.69, 9.17) is 0 Å². The SMILES string of the molecule is CC1(C)[C@@H]2CC[C@@]1(C(=O)O)C(=O)C2. The molecule has 2 atom stereocenters. The highest BCUT2D eigenvalue weighted by Crippen LogP contribution is 2.63. The fourth-order valence-electron chi connectivity index (χ4n) is 3.18. The van der Waals surface area contributed by atoms with Gasteiger partial charge in [0.25, 0.3) is 0 Å². The topological polar surface area (TPSA) is 54.4 Å². The Balaban J connectivity index is 2.55. The summed E-state index contributed by atoms with van der Waals surface area (Å²) in [6.07, 6.45) is 1.91. The number of rotatable bonds is 1. The van der Waals surface area contributed by atoms with E-state index in [-0.39, 0.29) is 17.1 Å². The molecule has 3 nitrogen and oxygen atoms in total. The summed E-state index contributed by atoms with van der Waals surface area (Å²) in [6.45, 7) is 3.84. The van der Waals surface area contributed by atoms with Crippen LogP contribution in [0.1, 0.15) is 33.1 Å². The van der Waals surface area contributed by atoms with Crippen LogP contribution >= 0.6 is 0 Å². The van der Waals surface area contributed by atoms with Crippen molar-refractivity contribution in [2.45, 2.75) is 33.1 Å². The molecule has 0 aromatic heterocycles. The van der Waals surface area contributed by atoms with Crippen LogP contribution in [0.15, 0.2) is 0 Å². The van der Waals surface area contributed by atoms with E-state index in [9.17, 15) is 14.7 Å². The van der Waals surface area contributed by atoms with Gasteiger partial charge < -0.3 is 5.11 Å². The normalized spacial score (nSPS) is 41.1. The van der Waals surface area contributed by atoms with Crippen molar-refractivity contribution in [1.82, 2.24) is 0 Å². The van der Waals surface area contributed by atoms with Gasteiger partial charge in [-0.2, -0.15) is 0 Å². The Hall–Kier alpha value is -0.860. The molecule has 2 aliphatic rings.